The van der Waals surface area contributed by atoms with Crippen molar-refractivity contribution in [1.82, 2.24) is 15.1 Å². The number of hydrogen-bond acceptors (Lipinski definition) is 3. The van der Waals surface area contributed by atoms with Crippen LogP contribution in [0.5, 0.6) is 0 Å². The van der Waals surface area contributed by atoms with Gasteiger partial charge in [0.05, 0.1) is 6.54 Å². The van der Waals surface area contributed by atoms with Gasteiger partial charge >= 0.3 is 0 Å². The highest BCUT2D eigenvalue weighted by Crippen LogP contribution is 2.22. The zero-order valence-corrected chi connectivity index (χ0v) is 11.5. The molecule has 2 rings (SSSR count). The van der Waals surface area contributed by atoms with E-state index in [1.807, 2.05) is 30.6 Å². The van der Waals surface area contributed by atoms with Gasteiger partial charge in [-0.25, -0.2) is 0 Å². The number of rotatable bonds is 2. The predicted molar refractivity (Wildman–Crippen MR) is 69.1 cm³/mol. The Morgan fingerprint density at radius 1 is 1.39 bits per heavy atom. The SMILES string of the molecule is CC(C)(C)NCC(=O)N1CCN2C(=O)CCC2C1. The van der Waals surface area contributed by atoms with Crippen LogP contribution < -0.4 is 5.32 Å². The summed E-state index contributed by atoms with van der Waals surface area (Å²) in [7, 11) is 0. The fraction of sp³-hybridized carbons (Fsp3) is 0.846. The summed E-state index contributed by atoms with van der Waals surface area (Å²) in [5, 5.41) is 3.22. The van der Waals surface area contributed by atoms with Crippen LogP contribution in [0.25, 0.3) is 0 Å². The van der Waals surface area contributed by atoms with Crippen molar-refractivity contribution in [3.63, 3.8) is 0 Å². The Morgan fingerprint density at radius 2 is 2.11 bits per heavy atom. The Bertz CT molecular complexity index is 349. The highest BCUT2D eigenvalue weighted by molar-refractivity contribution is 5.81. The van der Waals surface area contributed by atoms with Gasteiger partial charge in [0.1, 0.15) is 0 Å². The number of hydrogen-bond donors (Lipinski definition) is 1. The van der Waals surface area contributed by atoms with Gasteiger partial charge in [-0.05, 0) is 27.2 Å². The van der Waals surface area contributed by atoms with Gasteiger partial charge in [-0.2, -0.15) is 0 Å². The van der Waals surface area contributed by atoms with Crippen LogP contribution >= 0.6 is 0 Å². The summed E-state index contributed by atoms with van der Waals surface area (Å²) >= 11 is 0. The Hall–Kier alpha value is -1.10. The van der Waals surface area contributed by atoms with Crippen molar-refractivity contribution >= 4 is 11.8 Å². The molecule has 2 heterocycles. The van der Waals surface area contributed by atoms with Gasteiger partial charge in [0.15, 0.2) is 0 Å². The summed E-state index contributed by atoms with van der Waals surface area (Å²) in [5.41, 5.74) is -0.0409. The number of nitrogens with one attached hydrogen (secondary N) is 1. The van der Waals surface area contributed by atoms with E-state index in [1.54, 1.807) is 0 Å². The molecule has 1 unspecified atom stereocenters. The molecular weight excluding hydrogens is 230 g/mol. The zero-order valence-electron chi connectivity index (χ0n) is 11.5. The molecule has 102 valence electrons. The van der Waals surface area contributed by atoms with E-state index in [1.165, 1.54) is 0 Å². The molecule has 2 aliphatic heterocycles. The van der Waals surface area contributed by atoms with E-state index in [2.05, 4.69) is 5.32 Å². The fourth-order valence-electron chi connectivity index (χ4n) is 2.54. The van der Waals surface area contributed by atoms with Gasteiger partial charge in [-0.3, -0.25) is 9.59 Å². The molecule has 2 fully saturated rings. The average Bonchev–Trinajstić information content (AvgIpc) is 2.66. The Balaban J connectivity index is 1.84. The summed E-state index contributed by atoms with van der Waals surface area (Å²) in [6.45, 7) is 8.60. The van der Waals surface area contributed by atoms with Crippen molar-refractivity contribution in [1.29, 1.82) is 0 Å². The van der Waals surface area contributed by atoms with Crippen LogP contribution in [0.3, 0.4) is 0 Å². The van der Waals surface area contributed by atoms with Crippen LogP contribution in [-0.4, -0.2) is 59.4 Å². The lowest BCUT2D eigenvalue weighted by Crippen LogP contribution is -2.55. The first-order valence-electron chi connectivity index (χ1n) is 6.69. The van der Waals surface area contributed by atoms with Gasteiger partial charge in [0.2, 0.25) is 11.8 Å². The third-order valence-corrected chi connectivity index (χ3v) is 3.62. The van der Waals surface area contributed by atoms with E-state index in [4.69, 9.17) is 0 Å². The average molecular weight is 253 g/mol. The number of amides is 2. The van der Waals surface area contributed by atoms with Crippen LogP contribution in [0.1, 0.15) is 33.6 Å². The Labute approximate surface area is 108 Å². The zero-order chi connectivity index (χ0) is 13.3. The molecule has 0 spiro atoms. The molecular formula is C13H23N3O2. The number of carbonyl (C=O) groups is 2. The third kappa shape index (κ3) is 3.02. The molecule has 1 N–H and O–H groups in total. The van der Waals surface area contributed by atoms with Crippen LogP contribution in [0.4, 0.5) is 0 Å². The number of nitrogens with zero attached hydrogens (tertiary/aromatic N) is 2. The molecule has 5 heteroatoms. The molecule has 2 aliphatic rings. The molecule has 0 bridgehead atoms. The molecule has 0 aromatic heterocycles. The van der Waals surface area contributed by atoms with E-state index in [0.717, 1.165) is 6.42 Å². The van der Waals surface area contributed by atoms with E-state index < -0.39 is 0 Å². The quantitative estimate of drug-likeness (QED) is 0.765. The maximum atomic E-state index is 12.1. The maximum Gasteiger partial charge on any atom is 0.236 e. The first kappa shape index (κ1) is 13.3. The highest BCUT2D eigenvalue weighted by Gasteiger charge is 2.36. The normalized spacial score (nSPS) is 24.4. The summed E-state index contributed by atoms with van der Waals surface area (Å²) in [5.74, 6) is 0.392. The molecule has 2 saturated heterocycles. The molecule has 0 radical (unpaired) electrons. The topological polar surface area (TPSA) is 52.7 Å². The van der Waals surface area contributed by atoms with Crippen molar-refractivity contribution < 1.29 is 9.59 Å². The fourth-order valence-corrected chi connectivity index (χ4v) is 2.54. The lowest BCUT2D eigenvalue weighted by molar-refractivity contribution is -0.138. The molecule has 1 atom stereocenters. The number of piperazine rings is 1. The molecule has 0 aromatic rings. The second-order valence-electron chi connectivity index (χ2n) is 6.22. The summed E-state index contributed by atoms with van der Waals surface area (Å²) < 4.78 is 0. The van der Waals surface area contributed by atoms with Crippen molar-refractivity contribution in [2.75, 3.05) is 26.2 Å². The van der Waals surface area contributed by atoms with Crippen molar-refractivity contribution in [3.8, 4) is 0 Å². The van der Waals surface area contributed by atoms with E-state index in [0.29, 0.717) is 32.6 Å². The van der Waals surface area contributed by atoms with E-state index in [-0.39, 0.29) is 23.4 Å². The monoisotopic (exact) mass is 253 g/mol. The van der Waals surface area contributed by atoms with Crippen molar-refractivity contribution in [2.45, 2.75) is 45.2 Å². The summed E-state index contributed by atoms with van der Waals surface area (Å²) in [6.07, 6.45) is 1.54. The van der Waals surface area contributed by atoms with Gasteiger partial charge in [-0.1, -0.05) is 0 Å². The van der Waals surface area contributed by atoms with Gasteiger partial charge in [-0.15, -0.1) is 0 Å². The first-order chi connectivity index (χ1) is 8.37. The minimum Gasteiger partial charge on any atom is -0.338 e. The van der Waals surface area contributed by atoms with Crippen LogP contribution in [0.15, 0.2) is 0 Å². The maximum absolute atomic E-state index is 12.1. The minimum absolute atomic E-state index is 0.0409. The van der Waals surface area contributed by atoms with Crippen LogP contribution in [-0.2, 0) is 9.59 Å². The van der Waals surface area contributed by atoms with Crippen molar-refractivity contribution in [2.24, 2.45) is 0 Å². The first-order valence-corrected chi connectivity index (χ1v) is 6.69. The summed E-state index contributed by atoms with van der Waals surface area (Å²) in [6, 6.07) is 0.254. The lowest BCUT2D eigenvalue weighted by Gasteiger charge is -2.38. The second-order valence-corrected chi connectivity index (χ2v) is 6.22. The van der Waals surface area contributed by atoms with Crippen LogP contribution in [0, 0.1) is 0 Å². The standard InChI is InChI=1S/C13H23N3O2/c1-13(2,3)14-8-12(18)15-6-7-16-10(9-15)4-5-11(16)17/h10,14H,4-9H2,1-3H3. The third-order valence-electron chi connectivity index (χ3n) is 3.62. The van der Waals surface area contributed by atoms with E-state index >= 15 is 0 Å². The molecule has 18 heavy (non-hydrogen) atoms. The second kappa shape index (κ2) is 4.88. The molecule has 0 saturated carbocycles. The largest absolute Gasteiger partial charge is 0.338 e. The summed E-state index contributed by atoms with van der Waals surface area (Å²) in [4.78, 5) is 27.4. The minimum atomic E-state index is -0.0409. The predicted octanol–water partition coefficient (Wildman–Crippen LogP) is 0.208. The highest BCUT2D eigenvalue weighted by atomic mass is 16.2. The number of carbonyl (C=O) groups excluding carboxylic acids is 2. The van der Waals surface area contributed by atoms with Crippen molar-refractivity contribution in [3.05, 3.63) is 0 Å². The lowest BCUT2D eigenvalue weighted by atomic mass is 10.1. The smallest absolute Gasteiger partial charge is 0.236 e. The van der Waals surface area contributed by atoms with Gasteiger partial charge in [0, 0.05) is 37.6 Å². The molecule has 0 aliphatic carbocycles. The molecule has 0 aromatic carbocycles. The van der Waals surface area contributed by atoms with Crippen LogP contribution in [0.2, 0.25) is 0 Å². The van der Waals surface area contributed by atoms with Gasteiger partial charge < -0.3 is 15.1 Å². The molecule has 5 nitrogen and oxygen atoms in total. The Kier molecular flexibility index (Phi) is 3.61. The Morgan fingerprint density at radius 3 is 2.78 bits per heavy atom. The van der Waals surface area contributed by atoms with Gasteiger partial charge in [0.25, 0.3) is 0 Å². The molecule has 2 amide bonds. The number of fused-ring (bicyclic) bond motifs is 1. The van der Waals surface area contributed by atoms with E-state index in [9.17, 15) is 9.59 Å².